The van der Waals surface area contributed by atoms with Crippen LogP contribution in [-0.2, 0) is 14.3 Å². The van der Waals surface area contributed by atoms with Crippen LogP contribution >= 0.6 is 0 Å². The Morgan fingerprint density at radius 2 is 0.532 bits per heavy atom. The number of carbonyl (C=O) groups is 2. The van der Waals surface area contributed by atoms with E-state index in [-0.39, 0.29) is 5.97 Å². The van der Waals surface area contributed by atoms with Gasteiger partial charge in [0.05, 0.1) is 6.61 Å². The zero-order chi connectivity index (χ0) is 44.8. The predicted octanol–water partition coefficient (Wildman–Crippen LogP) is 20.5. The first kappa shape index (κ1) is 60.7. The molecule has 0 amide bonds. The highest BCUT2D eigenvalue weighted by Gasteiger charge is 2.03. The largest absolute Gasteiger partial charge is 0.481 e. The van der Waals surface area contributed by atoms with E-state index in [0.29, 0.717) is 19.4 Å². The zero-order valence-corrected chi connectivity index (χ0v) is 42.3. The molecule has 0 saturated heterocycles. The van der Waals surface area contributed by atoms with E-state index in [1.807, 2.05) is 0 Å². The van der Waals surface area contributed by atoms with Crippen molar-refractivity contribution in [1.82, 2.24) is 0 Å². The van der Waals surface area contributed by atoms with Gasteiger partial charge in [-0.25, -0.2) is 0 Å². The van der Waals surface area contributed by atoms with Gasteiger partial charge >= 0.3 is 11.9 Å². The van der Waals surface area contributed by atoms with Crippen LogP contribution in [0.1, 0.15) is 341 Å². The minimum Gasteiger partial charge on any atom is -0.481 e. The molecule has 62 heavy (non-hydrogen) atoms. The molecule has 4 nitrogen and oxygen atoms in total. The van der Waals surface area contributed by atoms with Gasteiger partial charge in [-0.2, -0.15) is 0 Å². The first-order valence-corrected chi connectivity index (χ1v) is 28.7. The summed E-state index contributed by atoms with van der Waals surface area (Å²) in [6, 6.07) is 0. The molecule has 0 aliphatic rings. The third-order valence-corrected chi connectivity index (χ3v) is 13.4. The van der Waals surface area contributed by atoms with Crippen LogP contribution in [-0.4, -0.2) is 23.7 Å². The van der Waals surface area contributed by atoms with Crippen molar-refractivity contribution in [3.8, 4) is 0 Å². The number of hydrogen-bond acceptors (Lipinski definition) is 3. The van der Waals surface area contributed by atoms with Crippen LogP contribution in [0.25, 0.3) is 0 Å². The summed E-state index contributed by atoms with van der Waals surface area (Å²) in [5.41, 5.74) is 0. The molecule has 0 aromatic carbocycles. The molecule has 1 N–H and O–H groups in total. The van der Waals surface area contributed by atoms with E-state index in [1.54, 1.807) is 0 Å². The summed E-state index contributed by atoms with van der Waals surface area (Å²) in [5.74, 6) is -0.629. The Morgan fingerprint density at radius 3 is 0.806 bits per heavy atom. The molecule has 0 bridgehead atoms. The van der Waals surface area contributed by atoms with Crippen molar-refractivity contribution in [2.75, 3.05) is 6.61 Å². The van der Waals surface area contributed by atoms with Crippen molar-refractivity contribution in [1.29, 1.82) is 0 Å². The van der Waals surface area contributed by atoms with E-state index in [4.69, 9.17) is 9.84 Å². The summed E-state index contributed by atoms with van der Waals surface area (Å²) in [4.78, 5) is 22.6. The van der Waals surface area contributed by atoms with Crippen LogP contribution in [0.5, 0.6) is 0 Å². The lowest BCUT2D eigenvalue weighted by molar-refractivity contribution is -0.144. The molecule has 0 spiro atoms. The number of ether oxygens (including phenoxy) is 1. The standard InChI is InChI=1S/C58H112O4/c1-2-3-4-5-6-7-8-9-10-30-34-37-40-43-46-49-52-55-58(61)62-56-53-50-47-44-41-38-35-32-29-27-25-23-21-19-17-15-13-11-12-14-16-18-20-22-24-26-28-31-33-36-39-42-45-48-51-54-57(59)60/h9-10H,2-8,11-56H2,1H3,(H,59,60). The van der Waals surface area contributed by atoms with Gasteiger partial charge in [-0.15, -0.1) is 0 Å². The minimum atomic E-state index is -0.650. The summed E-state index contributed by atoms with van der Waals surface area (Å²) in [7, 11) is 0. The smallest absolute Gasteiger partial charge is 0.305 e. The molecule has 4 heteroatoms. The van der Waals surface area contributed by atoms with Gasteiger partial charge in [0.15, 0.2) is 0 Å². The Morgan fingerprint density at radius 1 is 0.306 bits per heavy atom. The second-order valence-electron chi connectivity index (χ2n) is 19.8. The number of aliphatic carboxylic acids is 1. The van der Waals surface area contributed by atoms with E-state index in [2.05, 4.69) is 19.1 Å². The van der Waals surface area contributed by atoms with E-state index in [9.17, 15) is 9.59 Å². The molecular weight excluding hydrogens is 761 g/mol. The molecule has 0 fully saturated rings. The zero-order valence-electron chi connectivity index (χ0n) is 42.3. The maximum atomic E-state index is 12.1. The number of carboxylic acid groups (broad SMARTS) is 1. The Bertz CT molecular complexity index is 883. The van der Waals surface area contributed by atoms with Crippen molar-refractivity contribution < 1.29 is 19.4 Å². The van der Waals surface area contributed by atoms with Gasteiger partial charge in [-0.05, 0) is 44.9 Å². The summed E-state index contributed by atoms with van der Waals surface area (Å²) < 4.78 is 5.49. The quantitative estimate of drug-likeness (QED) is 0.0376. The molecule has 0 saturated carbocycles. The van der Waals surface area contributed by atoms with Crippen LogP contribution in [0.2, 0.25) is 0 Å². The molecule has 0 heterocycles. The summed E-state index contributed by atoms with van der Waals surface area (Å²) >= 11 is 0. The Kier molecular flexibility index (Phi) is 54.6. The Labute approximate surface area is 389 Å². The van der Waals surface area contributed by atoms with Gasteiger partial charge in [-0.1, -0.05) is 295 Å². The molecule has 0 aromatic rings. The lowest BCUT2D eigenvalue weighted by Gasteiger charge is -2.06. The van der Waals surface area contributed by atoms with Gasteiger partial charge in [0, 0.05) is 12.8 Å². The van der Waals surface area contributed by atoms with Gasteiger partial charge in [0.1, 0.15) is 0 Å². The number of esters is 1. The molecule has 0 aromatic heterocycles. The second-order valence-corrected chi connectivity index (χ2v) is 19.8. The fourth-order valence-corrected chi connectivity index (χ4v) is 9.16. The maximum Gasteiger partial charge on any atom is 0.305 e. The number of hydrogen-bond donors (Lipinski definition) is 1. The van der Waals surface area contributed by atoms with Crippen molar-refractivity contribution in [3.63, 3.8) is 0 Å². The second kappa shape index (κ2) is 55.8. The predicted molar refractivity (Wildman–Crippen MR) is 273 cm³/mol. The van der Waals surface area contributed by atoms with Gasteiger partial charge in [-0.3, -0.25) is 9.59 Å². The van der Waals surface area contributed by atoms with Crippen molar-refractivity contribution >= 4 is 11.9 Å². The third kappa shape index (κ3) is 56.7. The fourth-order valence-electron chi connectivity index (χ4n) is 9.16. The Balaban J connectivity index is 3.15. The molecular formula is C58H112O4. The van der Waals surface area contributed by atoms with E-state index in [1.165, 1.54) is 295 Å². The highest BCUT2D eigenvalue weighted by molar-refractivity contribution is 5.69. The van der Waals surface area contributed by atoms with Crippen molar-refractivity contribution in [3.05, 3.63) is 12.2 Å². The lowest BCUT2D eigenvalue weighted by atomic mass is 10.0. The summed E-state index contributed by atoms with van der Waals surface area (Å²) in [5, 5.41) is 8.67. The minimum absolute atomic E-state index is 0.0214. The Hall–Kier alpha value is -1.32. The van der Waals surface area contributed by atoms with Crippen LogP contribution in [0.4, 0.5) is 0 Å². The molecule has 0 aliphatic carbocycles. The molecule has 0 rings (SSSR count). The highest BCUT2D eigenvalue weighted by Crippen LogP contribution is 2.18. The average molecular weight is 874 g/mol. The van der Waals surface area contributed by atoms with E-state index >= 15 is 0 Å². The molecule has 0 aliphatic heterocycles. The topological polar surface area (TPSA) is 63.6 Å². The molecule has 0 radical (unpaired) electrons. The van der Waals surface area contributed by atoms with Crippen LogP contribution < -0.4 is 0 Å². The average Bonchev–Trinajstić information content (AvgIpc) is 3.27. The first-order valence-electron chi connectivity index (χ1n) is 28.7. The van der Waals surface area contributed by atoms with Crippen LogP contribution in [0.15, 0.2) is 12.2 Å². The van der Waals surface area contributed by atoms with Crippen LogP contribution in [0.3, 0.4) is 0 Å². The molecule has 368 valence electrons. The number of allylic oxidation sites excluding steroid dienone is 2. The molecule has 0 unspecified atom stereocenters. The van der Waals surface area contributed by atoms with E-state index < -0.39 is 5.97 Å². The van der Waals surface area contributed by atoms with Gasteiger partial charge in [0.2, 0.25) is 0 Å². The third-order valence-electron chi connectivity index (χ3n) is 13.4. The van der Waals surface area contributed by atoms with Crippen molar-refractivity contribution in [2.24, 2.45) is 0 Å². The summed E-state index contributed by atoms with van der Waals surface area (Å²) in [6.07, 6.45) is 73.3. The first-order chi connectivity index (χ1) is 30.7. The van der Waals surface area contributed by atoms with Crippen molar-refractivity contribution in [2.45, 2.75) is 341 Å². The van der Waals surface area contributed by atoms with Gasteiger partial charge < -0.3 is 9.84 Å². The highest BCUT2D eigenvalue weighted by atomic mass is 16.5. The monoisotopic (exact) mass is 873 g/mol. The lowest BCUT2D eigenvalue weighted by Crippen LogP contribution is -2.05. The maximum absolute atomic E-state index is 12.1. The number of rotatable bonds is 55. The fraction of sp³-hybridized carbons (Fsp3) is 0.931. The van der Waals surface area contributed by atoms with Gasteiger partial charge in [0.25, 0.3) is 0 Å². The molecule has 0 atom stereocenters. The van der Waals surface area contributed by atoms with E-state index in [0.717, 1.165) is 25.7 Å². The number of carboxylic acids is 1. The number of carbonyl (C=O) groups excluding carboxylic acids is 1. The normalized spacial score (nSPS) is 11.6. The van der Waals surface area contributed by atoms with Crippen LogP contribution in [0, 0.1) is 0 Å². The summed E-state index contributed by atoms with van der Waals surface area (Å²) in [6.45, 7) is 2.91. The SMILES string of the molecule is CCCCCCCCC=CCCCCCCCCCC(=O)OCCCCCCCCCCCCCCCCCCCCCCCCCCCCCCCCCCCCCC(=O)O. The number of unbranched alkanes of at least 4 members (excludes halogenated alkanes) is 47.